The van der Waals surface area contributed by atoms with Crippen LogP contribution in [0.5, 0.6) is 11.5 Å². The van der Waals surface area contributed by atoms with E-state index < -0.39 is 18.1 Å². The maximum Gasteiger partial charge on any atom is 0.573 e. The molecule has 0 aliphatic heterocycles. The van der Waals surface area contributed by atoms with E-state index in [1.54, 1.807) is 43.5 Å². The Hall–Kier alpha value is -15.4. The van der Waals surface area contributed by atoms with Crippen LogP contribution in [-0.4, -0.2) is 63.8 Å². The van der Waals surface area contributed by atoms with Gasteiger partial charge < -0.3 is 83.2 Å². The molecule has 0 aliphatic carbocycles. The standard InChI is InChI=1S/C14H11F3O3.C14H11F3O2.C14H11NO2.C14H14O3.2C14H14O2.2C13H11ClO2/c15-14(16,17)20-12-5-3-10(4-6-12)13-8-7-11(19-13)2-1-9-18;15-14(16,17)11-5-3-10(4-6-11)13-8-7-12(19-13)2-1-9-18;1-15-12-6-4-11(5-7-12)14-9-8-13(17-14)3-2-10-16;1-16-12-6-4-11(5-7-12)14-9-8-13(17-14)3-2-10-15;1-11-4-6-12(7-5-11)14-9-8-13(16-14)3-2-10-15;15-10-4-7-13-8-9-14(16-13)11-12-5-2-1-3-6-12;14-11-4-1-3-10(9-11)13-7-6-12(16-13)5-2-8-15;14-11-5-3-10(4-6-11)13-8-7-12(16-13)2-1-9-15/h3-9H,1-2H2;3-9H,1-2H2;4-10H,2-3H2;4-10H,2-3H2,1H3;4-10H,2-3H2,1H3;1-3,5-6,8-10H,4,7,11H2;1,3-4,6-9H,2,5H2;3-9H,1-2H2. The molecule has 16 rings (SSSR count). The molecule has 8 heterocycles. The summed E-state index contributed by atoms with van der Waals surface area (Å²) < 4.78 is 127. The fourth-order valence-corrected chi connectivity index (χ4v) is 13.1. The number of nitrogens with zero attached hydrogens (tertiary/aromatic N) is 1. The van der Waals surface area contributed by atoms with Gasteiger partial charge in [-0.1, -0.05) is 132 Å². The molecular formula is C110H97Cl2F6NO18. The highest BCUT2D eigenvalue weighted by Gasteiger charge is 2.32. The van der Waals surface area contributed by atoms with Gasteiger partial charge in [0.15, 0.2) is 5.69 Å². The molecule has 0 spiro atoms. The monoisotopic (exact) mass is 1900 g/mol. The Morgan fingerprint density at radius 3 is 0.891 bits per heavy atom. The minimum atomic E-state index is -4.70. The lowest BCUT2D eigenvalue weighted by atomic mass is 10.1. The number of methoxy groups -OCH3 is 1. The van der Waals surface area contributed by atoms with Crippen molar-refractivity contribution in [2.45, 2.75) is 129 Å². The number of hydrogen-bond acceptors (Lipinski definition) is 18. The van der Waals surface area contributed by atoms with Crippen molar-refractivity contribution in [1.29, 1.82) is 0 Å². The first-order chi connectivity index (χ1) is 66.4. The zero-order chi connectivity index (χ0) is 98.0. The first kappa shape index (κ1) is 105. The lowest BCUT2D eigenvalue weighted by molar-refractivity contribution is -0.274. The van der Waals surface area contributed by atoms with E-state index in [4.69, 9.17) is 69.8 Å². The summed E-state index contributed by atoms with van der Waals surface area (Å²) in [5, 5.41) is 1.39. The van der Waals surface area contributed by atoms with Crippen LogP contribution < -0.4 is 9.47 Å². The molecule has 0 atom stereocenters. The van der Waals surface area contributed by atoms with E-state index in [0.29, 0.717) is 153 Å². The largest absolute Gasteiger partial charge is 0.573 e. The second-order valence-corrected chi connectivity index (χ2v) is 30.8. The third-order valence-electron chi connectivity index (χ3n) is 19.7. The van der Waals surface area contributed by atoms with Gasteiger partial charge in [0.2, 0.25) is 0 Å². The number of carbonyl (C=O) groups is 8. The normalized spacial score (nSPS) is 10.5. The second kappa shape index (κ2) is 56.6. The van der Waals surface area contributed by atoms with Gasteiger partial charge in [-0.25, -0.2) is 4.85 Å². The summed E-state index contributed by atoms with van der Waals surface area (Å²) in [6.07, 6.45) is 7.40. The SMILES string of the molecule is COc1ccc(-c2ccc(CCC=O)o2)cc1.Cc1ccc(-c2ccc(CCC=O)o2)cc1.O=CCCc1ccc(-c2ccc(C(F)(F)F)cc2)o1.O=CCCc1ccc(-c2ccc(Cl)cc2)o1.O=CCCc1ccc(-c2ccc(OC(F)(F)F)cc2)o1.O=CCCc1ccc(-c2cccc(Cl)c2)o1.O=CCCc1ccc(Cc2ccccc2)o1.[C-]#[N+]c1ccc(-c2ccc(CCC=O)o2)cc1. The zero-order valence-electron chi connectivity index (χ0n) is 74.7. The Morgan fingerprint density at radius 2 is 0.584 bits per heavy atom. The van der Waals surface area contributed by atoms with E-state index in [-0.39, 0.29) is 5.75 Å². The van der Waals surface area contributed by atoms with Crippen LogP contribution in [0.4, 0.5) is 32.0 Å². The Balaban J connectivity index is 0.000000176. The van der Waals surface area contributed by atoms with E-state index in [1.165, 1.54) is 47.5 Å². The van der Waals surface area contributed by atoms with E-state index in [0.717, 1.165) is 172 Å². The van der Waals surface area contributed by atoms with Crippen molar-refractivity contribution in [1.82, 2.24) is 0 Å². The lowest BCUT2D eigenvalue weighted by Gasteiger charge is -2.08. The maximum atomic E-state index is 12.4. The van der Waals surface area contributed by atoms with Crippen LogP contribution in [0.15, 0.2) is 333 Å². The molecule has 0 fully saturated rings. The number of aryl methyl sites for hydroxylation is 9. The van der Waals surface area contributed by atoms with E-state index in [1.807, 2.05) is 188 Å². The molecular weight excluding hydrogens is 1810 g/mol. The van der Waals surface area contributed by atoms with Crippen molar-refractivity contribution in [3.05, 3.63) is 387 Å². The van der Waals surface area contributed by atoms with Crippen molar-refractivity contribution in [2.24, 2.45) is 0 Å². The molecule has 137 heavy (non-hydrogen) atoms. The summed E-state index contributed by atoms with van der Waals surface area (Å²) in [5.74, 6) is 12.9. The number of ether oxygens (including phenoxy) is 2. The highest BCUT2D eigenvalue weighted by Crippen LogP contribution is 2.35. The van der Waals surface area contributed by atoms with Crippen LogP contribution in [0.1, 0.15) is 120 Å². The molecule has 8 aromatic heterocycles. The molecule has 706 valence electrons. The summed E-state index contributed by atoms with van der Waals surface area (Å²) in [4.78, 5) is 85.3. The van der Waals surface area contributed by atoms with Crippen molar-refractivity contribution in [2.75, 3.05) is 7.11 Å². The first-order valence-electron chi connectivity index (χ1n) is 43.4. The predicted molar refractivity (Wildman–Crippen MR) is 511 cm³/mol. The Bertz CT molecular complexity index is 6250. The molecule has 0 saturated carbocycles. The number of furan rings is 8. The summed E-state index contributed by atoms with van der Waals surface area (Å²) in [6, 6.07) is 88.2. The number of rotatable bonds is 35. The minimum absolute atomic E-state index is 0.283. The molecule has 0 saturated heterocycles. The topological polar surface area (TPSA) is 264 Å². The lowest BCUT2D eigenvalue weighted by Crippen LogP contribution is -2.16. The Labute approximate surface area is 797 Å². The fraction of sp³-hybridized carbons (Fsp3) is 0.191. The summed E-state index contributed by atoms with van der Waals surface area (Å²) in [6.45, 7) is 8.92. The molecule has 0 N–H and O–H groups in total. The van der Waals surface area contributed by atoms with Crippen molar-refractivity contribution < 1.29 is 110 Å². The third kappa shape index (κ3) is 37.2. The molecule has 0 unspecified atom stereocenters. The summed E-state index contributed by atoms with van der Waals surface area (Å²) in [7, 11) is 1.64. The maximum absolute atomic E-state index is 12.4. The van der Waals surface area contributed by atoms with Crippen LogP contribution in [0.2, 0.25) is 10.0 Å². The third-order valence-corrected chi connectivity index (χ3v) is 20.2. The molecule has 0 aliphatic rings. The van der Waals surface area contributed by atoms with Crippen LogP contribution in [0.3, 0.4) is 0 Å². The molecule has 19 nitrogen and oxygen atoms in total. The average Bonchev–Trinajstić information content (AvgIpc) is 1.81. The van der Waals surface area contributed by atoms with Gasteiger partial charge in [0.1, 0.15) is 154 Å². The van der Waals surface area contributed by atoms with E-state index in [9.17, 15) is 64.7 Å². The highest BCUT2D eigenvalue weighted by atomic mass is 35.5. The quantitative estimate of drug-likeness (QED) is 0.0203. The predicted octanol–water partition coefficient (Wildman–Crippen LogP) is 28.6. The summed E-state index contributed by atoms with van der Waals surface area (Å²) >= 11 is 11.7. The van der Waals surface area contributed by atoms with Gasteiger partial charge in [0.25, 0.3) is 0 Å². The number of hydrogen-bond donors (Lipinski definition) is 0. The zero-order valence-corrected chi connectivity index (χ0v) is 76.3. The number of halogens is 8. The summed E-state index contributed by atoms with van der Waals surface area (Å²) in [5.41, 5.74) is 8.55. The van der Waals surface area contributed by atoms with Crippen molar-refractivity contribution >= 4 is 79.2 Å². The smallest absolute Gasteiger partial charge is 0.497 e. The second-order valence-electron chi connectivity index (χ2n) is 30.0. The molecule has 27 heteroatoms. The molecule has 0 amide bonds. The van der Waals surface area contributed by atoms with E-state index in [2.05, 4.69) is 40.8 Å². The molecule has 0 radical (unpaired) electrons. The van der Waals surface area contributed by atoms with Crippen molar-refractivity contribution in [3.8, 4) is 90.8 Å². The highest BCUT2D eigenvalue weighted by molar-refractivity contribution is 6.31. The van der Waals surface area contributed by atoms with Gasteiger partial charge in [-0.15, -0.1) is 13.2 Å². The van der Waals surface area contributed by atoms with Gasteiger partial charge in [-0.3, -0.25) is 0 Å². The number of benzene rings is 8. The van der Waals surface area contributed by atoms with E-state index >= 15 is 0 Å². The number of aldehydes is 8. The molecule has 16 aromatic rings. The Morgan fingerprint density at radius 1 is 0.299 bits per heavy atom. The fourth-order valence-electron chi connectivity index (χ4n) is 12.8. The van der Waals surface area contributed by atoms with Crippen LogP contribution >= 0.6 is 23.2 Å². The Kier molecular flexibility index (Phi) is 43.5. The molecule has 0 bridgehead atoms. The van der Waals surface area contributed by atoms with Crippen LogP contribution in [0.25, 0.3) is 84.1 Å². The van der Waals surface area contributed by atoms with Gasteiger partial charge in [0, 0.05) is 158 Å². The van der Waals surface area contributed by atoms with Gasteiger partial charge in [-0.05, 0) is 207 Å². The van der Waals surface area contributed by atoms with Gasteiger partial charge >= 0.3 is 12.5 Å². The minimum Gasteiger partial charge on any atom is -0.497 e. The molecule has 8 aromatic carbocycles. The van der Waals surface area contributed by atoms with Gasteiger partial charge in [0.05, 0.1) is 19.2 Å². The number of carbonyl (C=O) groups excluding carboxylic acids is 8. The number of alkyl halides is 6. The van der Waals surface area contributed by atoms with Gasteiger partial charge in [-0.2, -0.15) is 13.2 Å². The van der Waals surface area contributed by atoms with Crippen molar-refractivity contribution in [3.63, 3.8) is 0 Å². The average molecular weight is 1910 g/mol. The van der Waals surface area contributed by atoms with Crippen LogP contribution in [0, 0.1) is 13.5 Å². The van der Waals surface area contributed by atoms with Crippen LogP contribution in [-0.2, 0) is 102 Å². The first-order valence-corrected chi connectivity index (χ1v) is 44.1.